The fourth-order valence-corrected chi connectivity index (χ4v) is 4.23. The molecule has 21 heavy (non-hydrogen) atoms. The van der Waals surface area contributed by atoms with Crippen molar-refractivity contribution in [3.05, 3.63) is 18.2 Å². The van der Waals surface area contributed by atoms with Gasteiger partial charge in [0.2, 0.25) is 0 Å². The summed E-state index contributed by atoms with van der Waals surface area (Å²) in [5.41, 5.74) is 1.77. The lowest BCUT2D eigenvalue weighted by molar-refractivity contribution is 0.0571. The fourth-order valence-electron chi connectivity index (χ4n) is 4.23. The average molecular weight is 287 g/mol. The molecule has 4 rings (SSSR count). The van der Waals surface area contributed by atoms with Gasteiger partial charge in [0.25, 0.3) is 0 Å². The number of rotatable bonds is 2. The first-order valence-electron chi connectivity index (χ1n) is 8.52. The van der Waals surface area contributed by atoms with E-state index in [-0.39, 0.29) is 0 Å². The molecule has 0 amide bonds. The summed E-state index contributed by atoms with van der Waals surface area (Å²) < 4.78 is 11.5. The molecule has 3 aliphatic rings. The Morgan fingerprint density at radius 1 is 0.905 bits per heavy atom. The van der Waals surface area contributed by atoms with Crippen molar-refractivity contribution in [3.63, 3.8) is 0 Å². The predicted molar refractivity (Wildman–Crippen MR) is 84.2 cm³/mol. The van der Waals surface area contributed by atoms with Gasteiger partial charge in [0.1, 0.15) is 0 Å². The van der Waals surface area contributed by atoms with E-state index in [1.807, 2.05) is 0 Å². The summed E-state index contributed by atoms with van der Waals surface area (Å²) in [6.07, 6.45) is 10.8. The van der Waals surface area contributed by atoms with Gasteiger partial charge in [0.15, 0.2) is 11.5 Å². The van der Waals surface area contributed by atoms with Gasteiger partial charge in [-0.25, -0.2) is 0 Å². The second kappa shape index (κ2) is 5.43. The van der Waals surface area contributed by atoms with E-state index in [9.17, 15) is 0 Å². The van der Waals surface area contributed by atoms with E-state index in [4.69, 9.17) is 9.47 Å². The van der Waals surface area contributed by atoms with Gasteiger partial charge in [-0.1, -0.05) is 19.3 Å². The number of hydrogen-bond donors (Lipinski definition) is 1. The van der Waals surface area contributed by atoms with Crippen molar-refractivity contribution < 1.29 is 9.47 Å². The Hall–Kier alpha value is -1.38. The zero-order valence-corrected chi connectivity index (χ0v) is 12.7. The molecule has 0 bridgehead atoms. The Balaban J connectivity index is 1.48. The summed E-state index contributed by atoms with van der Waals surface area (Å²) in [5, 5.41) is 3.77. The number of nitrogens with one attached hydrogen (secondary N) is 1. The number of benzene rings is 1. The summed E-state index contributed by atoms with van der Waals surface area (Å²) in [6, 6.07) is 6.97. The maximum atomic E-state index is 5.79. The summed E-state index contributed by atoms with van der Waals surface area (Å²) in [7, 11) is 0. The minimum atomic E-state index is 0.586. The molecule has 3 heteroatoms. The van der Waals surface area contributed by atoms with Crippen molar-refractivity contribution in [2.45, 2.75) is 57.4 Å². The van der Waals surface area contributed by atoms with Crippen LogP contribution in [0.4, 0.5) is 5.69 Å². The number of ether oxygens (including phenoxy) is 2. The van der Waals surface area contributed by atoms with Gasteiger partial charge in [-0.15, -0.1) is 0 Å². The zero-order chi connectivity index (χ0) is 14.1. The first kappa shape index (κ1) is 13.3. The Kier molecular flexibility index (Phi) is 3.44. The lowest BCUT2D eigenvalue weighted by atomic mass is 9.57. The summed E-state index contributed by atoms with van der Waals surface area (Å²) in [5.74, 6) is 1.79. The average Bonchev–Trinajstić information content (AvgIpc) is 2.77. The third kappa shape index (κ3) is 2.47. The highest BCUT2D eigenvalue weighted by Gasteiger charge is 2.46. The van der Waals surface area contributed by atoms with Crippen LogP contribution in [0.3, 0.4) is 0 Å². The van der Waals surface area contributed by atoms with Crippen LogP contribution in [-0.4, -0.2) is 19.3 Å². The standard InChI is InChI=1S/C18H25NO2/c1-2-8-18(9-3-1)10-7-17(18)19-14-5-6-15-16(13-14)21-12-4-11-20-15/h5-6,13,17,19H,1-4,7-12H2. The van der Waals surface area contributed by atoms with Crippen LogP contribution in [0, 0.1) is 5.41 Å². The van der Waals surface area contributed by atoms with Crippen molar-refractivity contribution in [3.8, 4) is 11.5 Å². The predicted octanol–water partition coefficient (Wildman–Crippen LogP) is 4.37. The van der Waals surface area contributed by atoms with Crippen LogP contribution in [0.2, 0.25) is 0 Å². The van der Waals surface area contributed by atoms with Gasteiger partial charge >= 0.3 is 0 Å². The molecule has 1 unspecified atom stereocenters. The molecule has 1 aliphatic heterocycles. The van der Waals surface area contributed by atoms with Crippen molar-refractivity contribution in [2.24, 2.45) is 5.41 Å². The molecule has 2 fully saturated rings. The number of hydrogen-bond acceptors (Lipinski definition) is 3. The van der Waals surface area contributed by atoms with Gasteiger partial charge in [-0.2, -0.15) is 0 Å². The van der Waals surface area contributed by atoms with Crippen LogP contribution in [0.25, 0.3) is 0 Å². The quantitative estimate of drug-likeness (QED) is 0.876. The Morgan fingerprint density at radius 3 is 2.48 bits per heavy atom. The maximum absolute atomic E-state index is 5.79. The van der Waals surface area contributed by atoms with E-state index in [1.165, 1.54) is 50.6 Å². The molecule has 1 aromatic carbocycles. The monoisotopic (exact) mass is 287 g/mol. The SMILES string of the molecule is c1cc2c(cc1NC1CCC13CCCCC3)OCCCO2. The van der Waals surface area contributed by atoms with Crippen molar-refractivity contribution in [1.82, 2.24) is 0 Å². The van der Waals surface area contributed by atoms with Crippen LogP contribution in [0.15, 0.2) is 18.2 Å². The topological polar surface area (TPSA) is 30.5 Å². The molecule has 3 nitrogen and oxygen atoms in total. The van der Waals surface area contributed by atoms with E-state index >= 15 is 0 Å². The number of anilines is 1. The van der Waals surface area contributed by atoms with Crippen LogP contribution in [-0.2, 0) is 0 Å². The van der Waals surface area contributed by atoms with Gasteiger partial charge in [0.05, 0.1) is 13.2 Å². The molecule has 1 atom stereocenters. The molecule has 0 saturated heterocycles. The first-order chi connectivity index (χ1) is 10.4. The van der Waals surface area contributed by atoms with E-state index in [1.54, 1.807) is 0 Å². The molecule has 2 saturated carbocycles. The molecule has 1 N–H and O–H groups in total. The van der Waals surface area contributed by atoms with Crippen molar-refractivity contribution >= 4 is 5.69 Å². The molecule has 1 aromatic rings. The molecular formula is C18H25NO2. The normalized spacial score (nSPS) is 26.8. The summed E-state index contributed by atoms with van der Waals surface area (Å²) >= 11 is 0. The summed E-state index contributed by atoms with van der Waals surface area (Å²) in [6.45, 7) is 1.51. The van der Waals surface area contributed by atoms with Gasteiger partial charge < -0.3 is 14.8 Å². The molecule has 2 aliphatic carbocycles. The van der Waals surface area contributed by atoms with Crippen LogP contribution >= 0.6 is 0 Å². The molecule has 0 radical (unpaired) electrons. The highest BCUT2D eigenvalue weighted by atomic mass is 16.5. The number of fused-ring (bicyclic) bond motifs is 1. The summed E-state index contributed by atoms with van der Waals surface area (Å²) in [4.78, 5) is 0. The largest absolute Gasteiger partial charge is 0.490 e. The van der Waals surface area contributed by atoms with Gasteiger partial charge in [-0.3, -0.25) is 0 Å². The van der Waals surface area contributed by atoms with Crippen LogP contribution in [0.5, 0.6) is 11.5 Å². The van der Waals surface area contributed by atoms with Gasteiger partial charge in [-0.05, 0) is 43.2 Å². The lowest BCUT2D eigenvalue weighted by Crippen LogP contribution is -2.50. The Morgan fingerprint density at radius 2 is 1.71 bits per heavy atom. The lowest BCUT2D eigenvalue weighted by Gasteiger charge is -2.52. The Labute approximate surface area is 127 Å². The third-order valence-corrected chi connectivity index (χ3v) is 5.61. The molecule has 1 spiro atoms. The van der Waals surface area contributed by atoms with E-state index in [2.05, 4.69) is 23.5 Å². The maximum Gasteiger partial charge on any atom is 0.163 e. The smallest absolute Gasteiger partial charge is 0.163 e. The van der Waals surface area contributed by atoms with E-state index in [0.29, 0.717) is 11.5 Å². The van der Waals surface area contributed by atoms with Crippen molar-refractivity contribution in [1.29, 1.82) is 0 Å². The minimum Gasteiger partial charge on any atom is -0.490 e. The highest BCUT2D eigenvalue weighted by molar-refractivity contribution is 5.56. The van der Waals surface area contributed by atoms with Gasteiger partial charge in [0, 0.05) is 24.2 Å². The van der Waals surface area contributed by atoms with Crippen molar-refractivity contribution in [2.75, 3.05) is 18.5 Å². The highest BCUT2D eigenvalue weighted by Crippen LogP contribution is 2.52. The third-order valence-electron chi connectivity index (χ3n) is 5.61. The minimum absolute atomic E-state index is 0.586. The molecule has 0 aromatic heterocycles. The van der Waals surface area contributed by atoms with Crippen LogP contribution in [0.1, 0.15) is 51.4 Å². The fraction of sp³-hybridized carbons (Fsp3) is 0.667. The van der Waals surface area contributed by atoms with E-state index < -0.39 is 0 Å². The van der Waals surface area contributed by atoms with E-state index in [0.717, 1.165) is 31.1 Å². The molecule has 114 valence electrons. The zero-order valence-electron chi connectivity index (χ0n) is 12.7. The first-order valence-corrected chi connectivity index (χ1v) is 8.52. The Bertz CT molecular complexity index is 508. The van der Waals surface area contributed by atoms with Crippen LogP contribution < -0.4 is 14.8 Å². The molecule has 1 heterocycles. The second-order valence-electron chi connectivity index (χ2n) is 6.87. The molecular weight excluding hydrogens is 262 g/mol. The second-order valence-corrected chi connectivity index (χ2v) is 6.87.